The third kappa shape index (κ3) is 8.96. The topological polar surface area (TPSA) is 58.5 Å². The van der Waals surface area contributed by atoms with Crippen molar-refractivity contribution in [3.05, 3.63) is 87.4 Å². The van der Waals surface area contributed by atoms with Gasteiger partial charge in [0.15, 0.2) is 5.96 Å². The zero-order valence-corrected chi connectivity index (χ0v) is 21.3. The number of ether oxygens (including phenoxy) is 1. The Kier molecular flexibility index (Phi) is 11.6. The highest BCUT2D eigenvalue weighted by Crippen LogP contribution is 2.13. The van der Waals surface area contributed by atoms with Gasteiger partial charge in [0.1, 0.15) is 5.01 Å². The Morgan fingerprint density at radius 2 is 1.61 bits per heavy atom. The lowest BCUT2D eigenvalue weighted by molar-refractivity contribution is 0.107. The van der Waals surface area contributed by atoms with Gasteiger partial charge in [0.2, 0.25) is 0 Å². The van der Waals surface area contributed by atoms with Gasteiger partial charge in [-0.15, -0.1) is 35.3 Å². The van der Waals surface area contributed by atoms with E-state index in [1.165, 1.54) is 21.6 Å². The number of nitrogens with zero attached hydrogens (tertiary/aromatic N) is 2. The summed E-state index contributed by atoms with van der Waals surface area (Å²) >= 11 is 1.75. The number of nitrogens with one attached hydrogen (secondary N) is 2. The van der Waals surface area contributed by atoms with E-state index < -0.39 is 0 Å². The number of hydrogen-bond donors (Lipinski definition) is 2. The molecular formula is C24H31IN4OS. The first-order chi connectivity index (χ1) is 14.8. The highest BCUT2D eigenvalue weighted by atomic mass is 127. The van der Waals surface area contributed by atoms with E-state index in [1.54, 1.807) is 11.3 Å². The van der Waals surface area contributed by atoms with Crippen molar-refractivity contribution >= 4 is 41.3 Å². The summed E-state index contributed by atoms with van der Waals surface area (Å²) in [5.74, 6) is 0.806. The van der Waals surface area contributed by atoms with Gasteiger partial charge in [-0.05, 0) is 30.0 Å². The Morgan fingerprint density at radius 3 is 2.26 bits per heavy atom. The number of halogens is 1. The van der Waals surface area contributed by atoms with Gasteiger partial charge in [-0.1, -0.05) is 61.5 Å². The fourth-order valence-corrected chi connectivity index (χ4v) is 3.67. The molecule has 1 aromatic heterocycles. The Balaban J connectivity index is 0.00000341. The van der Waals surface area contributed by atoms with E-state index in [2.05, 4.69) is 65.9 Å². The normalized spacial score (nSPS) is 11.1. The van der Waals surface area contributed by atoms with Crippen LogP contribution in [0, 0.1) is 0 Å². The minimum Gasteiger partial charge on any atom is -0.372 e. The smallest absolute Gasteiger partial charge is 0.191 e. The Labute approximate surface area is 206 Å². The largest absolute Gasteiger partial charge is 0.372 e. The van der Waals surface area contributed by atoms with Crippen LogP contribution in [-0.2, 0) is 37.5 Å². The van der Waals surface area contributed by atoms with Crippen LogP contribution in [0.1, 0.15) is 40.4 Å². The van der Waals surface area contributed by atoms with E-state index in [4.69, 9.17) is 9.73 Å². The first kappa shape index (κ1) is 25.3. The Bertz CT molecular complexity index is 913. The average molecular weight is 551 g/mol. The van der Waals surface area contributed by atoms with Crippen LogP contribution in [0.25, 0.3) is 0 Å². The van der Waals surface area contributed by atoms with Crippen molar-refractivity contribution < 1.29 is 4.74 Å². The number of aromatic nitrogens is 1. The molecule has 0 aliphatic carbocycles. The van der Waals surface area contributed by atoms with Gasteiger partial charge < -0.3 is 15.4 Å². The minimum absolute atomic E-state index is 0. The highest BCUT2D eigenvalue weighted by molar-refractivity contribution is 14.0. The number of aliphatic imine (C=N–C) groups is 1. The van der Waals surface area contributed by atoms with Crippen molar-refractivity contribution in [2.75, 3.05) is 6.54 Å². The van der Waals surface area contributed by atoms with Crippen LogP contribution in [0.5, 0.6) is 0 Å². The monoisotopic (exact) mass is 550 g/mol. The molecule has 2 N–H and O–H groups in total. The second-order valence-electron chi connectivity index (χ2n) is 6.92. The van der Waals surface area contributed by atoms with Crippen LogP contribution >= 0.6 is 35.3 Å². The first-order valence-corrected chi connectivity index (χ1v) is 11.2. The zero-order chi connectivity index (χ0) is 21.0. The lowest BCUT2D eigenvalue weighted by atomic mass is 10.1. The molecule has 2 aromatic carbocycles. The molecule has 0 amide bonds. The van der Waals surface area contributed by atoms with Crippen molar-refractivity contribution in [3.63, 3.8) is 0 Å². The number of thiazole rings is 1. The molecule has 3 aromatic rings. The third-order valence-electron chi connectivity index (χ3n) is 4.52. The number of aryl methyl sites for hydroxylation is 1. The molecule has 0 atom stereocenters. The summed E-state index contributed by atoms with van der Waals surface area (Å²) in [4.78, 5) is 10.5. The van der Waals surface area contributed by atoms with Crippen molar-refractivity contribution in [1.82, 2.24) is 15.6 Å². The predicted molar refractivity (Wildman–Crippen MR) is 140 cm³/mol. The van der Waals surface area contributed by atoms with Gasteiger partial charge in [0.05, 0.1) is 26.3 Å². The number of hydrogen-bond acceptors (Lipinski definition) is 4. The molecule has 0 bridgehead atoms. The predicted octanol–water partition coefficient (Wildman–Crippen LogP) is 5.30. The van der Waals surface area contributed by atoms with Gasteiger partial charge in [-0.25, -0.2) is 9.98 Å². The zero-order valence-electron chi connectivity index (χ0n) is 18.1. The van der Waals surface area contributed by atoms with Gasteiger partial charge in [-0.3, -0.25) is 0 Å². The van der Waals surface area contributed by atoms with Crippen LogP contribution in [0.15, 0.2) is 65.8 Å². The Hall–Kier alpha value is -1.97. The molecule has 0 aliphatic heterocycles. The van der Waals surface area contributed by atoms with Crippen molar-refractivity contribution in [1.29, 1.82) is 0 Å². The lowest BCUT2D eigenvalue weighted by Gasteiger charge is -2.10. The summed E-state index contributed by atoms with van der Waals surface area (Å²) in [6.07, 6.45) is 2.98. The van der Waals surface area contributed by atoms with Gasteiger partial charge in [0, 0.05) is 17.6 Å². The number of rotatable bonds is 10. The average Bonchev–Trinajstić information content (AvgIpc) is 3.25. The van der Waals surface area contributed by atoms with Crippen molar-refractivity contribution in [2.24, 2.45) is 4.99 Å². The molecular weight excluding hydrogens is 519 g/mol. The maximum absolute atomic E-state index is 5.81. The second kappa shape index (κ2) is 14.2. The van der Waals surface area contributed by atoms with E-state index in [0.29, 0.717) is 26.3 Å². The molecule has 5 nitrogen and oxygen atoms in total. The van der Waals surface area contributed by atoms with Gasteiger partial charge >= 0.3 is 0 Å². The molecule has 7 heteroatoms. The molecule has 0 radical (unpaired) electrons. The fraction of sp³-hybridized carbons (Fsp3) is 0.333. The van der Waals surface area contributed by atoms with Crippen LogP contribution in [0.3, 0.4) is 0 Å². The summed E-state index contributed by atoms with van der Waals surface area (Å²) in [6.45, 7) is 7.59. The molecule has 0 unspecified atom stereocenters. The van der Waals surface area contributed by atoms with Crippen molar-refractivity contribution in [2.45, 2.75) is 46.6 Å². The van der Waals surface area contributed by atoms with Gasteiger partial charge in [0.25, 0.3) is 0 Å². The van der Waals surface area contributed by atoms with Crippen LogP contribution in [0.4, 0.5) is 0 Å². The highest BCUT2D eigenvalue weighted by Gasteiger charge is 2.03. The van der Waals surface area contributed by atoms with E-state index in [1.807, 2.05) is 24.4 Å². The molecule has 0 aliphatic rings. The van der Waals surface area contributed by atoms with Gasteiger partial charge in [-0.2, -0.15) is 0 Å². The number of guanidine groups is 1. The van der Waals surface area contributed by atoms with Crippen LogP contribution < -0.4 is 10.6 Å². The summed E-state index contributed by atoms with van der Waals surface area (Å²) in [7, 11) is 0. The molecule has 0 fully saturated rings. The third-order valence-corrected chi connectivity index (χ3v) is 5.67. The second-order valence-corrected chi connectivity index (χ2v) is 8.12. The Morgan fingerprint density at radius 1 is 0.935 bits per heavy atom. The minimum atomic E-state index is 0. The summed E-state index contributed by atoms with van der Waals surface area (Å²) in [5.41, 5.74) is 3.52. The molecule has 0 spiro atoms. The molecule has 0 saturated carbocycles. The number of benzene rings is 2. The SMILES string of the molecule is CCNC(=NCc1ccc(COCc2ccccc2)cc1)NCc1ncc(CC)s1.I. The summed E-state index contributed by atoms with van der Waals surface area (Å²) in [5, 5.41) is 7.74. The standard InChI is InChI=1S/C24H30N4OS.HI/c1-3-22-15-26-23(30-22)16-28-24(25-4-2)27-14-19-10-12-21(13-11-19)18-29-17-20-8-6-5-7-9-20;/h5-13,15H,3-4,14,16-18H2,1-2H3,(H2,25,27,28);1H. The maximum Gasteiger partial charge on any atom is 0.191 e. The van der Waals surface area contributed by atoms with E-state index in [9.17, 15) is 0 Å². The fourth-order valence-electron chi connectivity index (χ4n) is 2.87. The quantitative estimate of drug-likeness (QED) is 0.205. The summed E-state index contributed by atoms with van der Waals surface area (Å²) < 4.78 is 5.81. The van der Waals surface area contributed by atoms with Crippen LogP contribution in [0.2, 0.25) is 0 Å². The molecule has 31 heavy (non-hydrogen) atoms. The van der Waals surface area contributed by atoms with E-state index >= 15 is 0 Å². The summed E-state index contributed by atoms with van der Waals surface area (Å²) in [6, 6.07) is 18.7. The molecule has 3 rings (SSSR count). The van der Waals surface area contributed by atoms with E-state index in [0.717, 1.165) is 23.9 Å². The molecule has 1 heterocycles. The van der Waals surface area contributed by atoms with E-state index in [-0.39, 0.29) is 24.0 Å². The maximum atomic E-state index is 5.81. The molecule has 166 valence electrons. The first-order valence-electron chi connectivity index (χ1n) is 10.4. The lowest BCUT2D eigenvalue weighted by Crippen LogP contribution is -2.36. The van der Waals surface area contributed by atoms with Crippen LogP contribution in [-0.4, -0.2) is 17.5 Å². The van der Waals surface area contributed by atoms with Crippen molar-refractivity contribution in [3.8, 4) is 0 Å². The molecule has 0 saturated heterocycles.